The van der Waals surface area contributed by atoms with Crippen molar-refractivity contribution in [3.05, 3.63) is 58.9 Å². The van der Waals surface area contributed by atoms with Crippen LogP contribution in [0.1, 0.15) is 27.5 Å². The number of imide groups is 1. The number of nitrogens with zero attached hydrogens (tertiary/aromatic N) is 2. The van der Waals surface area contributed by atoms with Crippen molar-refractivity contribution in [3.63, 3.8) is 0 Å². The maximum Gasteiger partial charge on any atom is 0.547 e. The Morgan fingerprint density at radius 1 is 1.13 bits per heavy atom. The lowest BCUT2D eigenvalue weighted by atomic mass is 9.72. The molecule has 0 aliphatic carbocycles. The fourth-order valence-electron chi connectivity index (χ4n) is 4.70. The molecular formula is C24H23BF4N6O10S. The number of para-hydroxylation sites is 1. The average molecular weight is 674 g/mol. The van der Waals surface area contributed by atoms with Gasteiger partial charge in [-0.25, -0.2) is 19.1 Å². The number of alkyl halides is 3. The molecule has 2 aromatic rings. The SMILES string of the molecule is NS(=O)(=O)Nc1ccc(F)c([C@@H](NC(=O)N2CCN(CC(F)(F)F)C(=O)C2=O)C(=O)N[C@H]2Cc3cccc(C(=O)O)c3OB2O)c1. The van der Waals surface area contributed by atoms with E-state index in [1.165, 1.54) is 18.2 Å². The molecule has 2 heterocycles. The molecule has 0 bridgehead atoms. The zero-order chi connectivity index (χ0) is 34.1. The van der Waals surface area contributed by atoms with Crippen LogP contribution in [0.3, 0.4) is 0 Å². The van der Waals surface area contributed by atoms with Crippen LogP contribution in [0.4, 0.5) is 28.0 Å². The van der Waals surface area contributed by atoms with Crippen LogP contribution in [0, 0.1) is 5.82 Å². The maximum absolute atomic E-state index is 15.1. The number of anilines is 1. The van der Waals surface area contributed by atoms with Crippen molar-refractivity contribution >= 4 is 52.7 Å². The molecule has 246 valence electrons. The lowest BCUT2D eigenvalue weighted by Crippen LogP contribution is -2.61. The Bertz CT molecular complexity index is 1710. The van der Waals surface area contributed by atoms with Crippen LogP contribution in [0.5, 0.6) is 5.75 Å². The summed E-state index contributed by atoms with van der Waals surface area (Å²) in [4.78, 5) is 63.3. The third-order valence-corrected chi connectivity index (χ3v) is 7.22. The fraction of sp³-hybridized carbons (Fsp3) is 0.292. The Hall–Kier alpha value is -4.96. The third kappa shape index (κ3) is 7.81. The Balaban J connectivity index is 1.63. The molecule has 22 heteroatoms. The Morgan fingerprint density at radius 3 is 2.46 bits per heavy atom. The van der Waals surface area contributed by atoms with Crippen molar-refractivity contribution in [1.82, 2.24) is 20.4 Å². The lowest BCUT2D eigenvalue weighted by Gasteiger charge is -2.34. The first-order chi connectivity index (χ1) is 21.3. The minimum atomic E-state index is -4.85. The number of carbonyl (C=O) groups is 5. The molecule has 4 rings (SSSR count). The number of carbonyl (C=O) groups excluding carboxylic acids is 4. The first-order valence-corrected chi connectivity index (χ1v) is 14.5. The quantitative estimate of drug-likeness (QED) is 0.117. The van der Waals surface area contributed by atoms with Gasteiger partial charge in [0.25, 0.3) is 10.2 Å². The highest BCUT2D eigenvalue weighted by molar-refractivity contribution is 7.90. The number of carboxylic acids is 1. The topological polar surface area (TPSA) is 238 Å². The van der Waals surface area contributed by atoms with Crippen molar-refractivity contribution in [2.75, 3.05) is 24.4 Å². The largest absolute Gasteiger partial charge is 0.547 e. The molecule has 0 unspecified atom stereocenters. The molecule has 7 N–H and O–H groups in total. The van der Waals surface area contributed by atoms with Gasteiger partial charge in [0, 0.05) is 18.7 Å². The van der Waals surface area contributed by atoms with Crippen LogP contribution < -0.4 is 25.1 Å². The van der Waals surface area contributed by atoms with Crippen molar-refractivity contribution in [2.24, 2.45) is 5.14 Å². The van der Waals surface area contributed by atoms with Crippen LogP contribution >= 0.6 is 0 Å². The van der Waals surface area contributed by atoms with Crippen LogP contribution in [0.25, 0.3) is 0 Å². The molecule has 2 aliphatic heterocycles. The number of benzene rings is 2. The lowest BCUT2D eigenvalue weighted by molar-refractivity contribution is -0.170. The van der Waals surface area contributed by atoms with E-state index in [4.69, 9.17) is 9.79 Å². The van der Waals surface area contributed by atoms with Gasteiger partial charge >= 0.3 is 37.1 Å². The van der Waals surface area contributed by atoms with Gasteiger partial charge < -0.3 is 30.3 Å². The average Bonchev–Trinajstić information content (AvgIpc) is 2.94. The normalized spacial score (nSPS) is 17.5. The number of urea groups is 1. The molecule has 2 aromatic carbocycles. The molecular weight excluding hydrogens is 651 g/mol. The number of carboxylic acid groups (broad SMARTS) is 1. The number of nitrogens with one attached hydrogen (secondary N) is 3. The van der Waals surface area contributed by atoms with Crippen molar-refractivity contribution in [3.8, 4) is 5.75 Å². The number of hydrogen-bond donors (Lipinski definition) is 6. The van der Waals surface area contributed by atoms with E-state index in [-0.39, 0.29) is 38.8 Å². The van der Waals surface area contributed by atoms with Crippen LogP contribution in [-0.2, 0) is 31.0 Å². The highest BCUT2D eigenvalue weighted by atomic mass is 32.2. The van der Waals surface area contributed by atoms with E-state index in [1.807, 2.05) is 10.0 Å². The van der Waals surface area contributed by atoms with Gasteiger partial charge in [-0.3, -0.25) is 24.0 Å². The number of nitrogens with two attached hydrogens (primary N) is 1. The molecule has 0 spiro atoms. The van der Waals surface area contributed by atoms with Crippen LogP contribution in [0.15, 0.2) is 36.4 Å². The molecule has 2 atom stereocenters. The van der Waals surface area contributed by atoms with Gasteiger partial charge in [0.05, 0.1) is 17.2 Å². The number of hydrogen-bond acceptors (Lipinski definition) is 9. The minimum absolute atomic E-state index is 0.163. The van der Waals surface area contributed by atoms with Crippen molar-refractivity contribution in [2.45, 2.75) is 24.6 Å². The molecule has 0 saturated carbocycles. The monoisotopic (exact) mass is 674 g/mol. The van der Waals surface area contributed by atoms with Gasteiger partial charge in [0.15, 0.2) is 0 Å². The van der Waals surface area contributed by atoms with Crippen molar-refractivity contribution in [1.29, 1.82) is 0 Å². The molecule has 1 fully saturated rings. The highest BCUT2D eigenvalue weighted by Crippen LogP contribution is 2.31. The number of rotatable bonds is 8. The zero-order valence-electron chi connectivity index (χ0n) is 23.1. The van der Waals surface area contributed by atoms with Gasteiger partial charge in [-0.1, -0.05) is 12.1 Å². The molecule has 0 aromatic heterocycles. The molecule has 1 saturated heterocycles. The highest BCUT2D eigenvalue weighted by Gasteiger charge is 2.43. The number of amides is 5. The second kappa shape index (κ2) is 12.8. The summed E-state index contributed by atoms with van der Waals surface area (Å²) in [7, 11) is -6.29. The summed E-state index contributed by atoms with van der Waals surface area (Å²) in [6.45, 7) is -3.23. The van der Waals surface area contributed by atoms with Gasteiger partial charge in [0.2, 0.25) is 5.91 Å². The first kappa shape index (κ1) is 33.9. The maximum atomic E-state index is 15.1. The third-order valence-electron chi connectivity index (χ3n) is 6.70. The Morgan fingerprint density at radius 2 is 1.83 bits per heavy atom. The summed E-state index contributed by atoms with van der Waals surface area (Å²) in [5.41, 5.74) is -1.15. The van der Waals surface area contributed by atoms with E-state index in [2.05, 4.69) is 5.32 Å². The molecule has 16 nitrogen and oxygen atoms in total. The van der Waals surface area contributed by atoms with Gasteiger partial charge in [0.1, 0.15) is 24.2 Å². The van der Waals surface area contributed by atoms with E-state index in [1.54, 1.807) is 0 Å². The van der Waals surface area contributed by atoms with E-state index in [0.717, 1.165) is 12.1 Å². The standard InChI is InChI=1S/C24H23BF4N6O10S/c26-15-5-4-12(33-46(30,43)44)9-14(15)17(32-23(41)35-7-6-34(10-24(27,28)29)20(37)21(35)38)19(36)31-16-8-11-2-1-3-13(22(39)40)18(11)45-25(16)42/h1-5,9,16-17,33,42H,6-8,10H2,(H,31,36)(H,32,41)(H,39,40)(H2,30,43,44)/t16-,17+/m0/s1. The predicted molar refractivity (Wildman–Crippen MR) is 146 cm³/mol. The summed E-state index contributed by atoms with van der Waals surface area (Å²) >= 11 is 0. The minimum Gasteiger partial charge on any atom is -0.534 e. The van der Waals surface area contributed by atoms with Gasteiger partial charge in [-0.15, -0.1) is 0 Å². The second-order valence-corrected chi connectivity index (χ2v) is 11.3. The molecule has 46 heavy (non-hydrogen) atoms. The zero-order valence-corrected chi connectivity index (χ0v) is 23.9. The number of fused-ring (bicyclic) bond motifs is 1. The second-order valence-electron chi connectivity index (χ2n) is 9.99. The summed E-state index contributed by atoms with van der Waals surface area (Å²) in [6, 6.07) is 2.75. The fourth-order valence-corrected chi connectivity index (χ4v) is 5.15. The molecule has 0 radical (unpaired) electrons. The van der Waals surface area contributed by atoms with Gasteiger partial charge in [-0.2, -0.15) is 21.6 Å². The van der Waals surface area contributed by atoms with Gasteiger partial charge in [-0.05, 0) is 36.2 Å². The Kier molecular flexibility index (Phi) is 9.45. The van der Waals surface area contributed by atoms with E-state index in [9.17, 15) is 55.7 Å². The number of aromatic carboxylic acids is 1. The number of halogens is 4. The first-order valence-electron chi connectivity index (χ1n) is 12.9. The summed E-state index contributed by atoms with van der Waals surface area (Å²) in [6.07, 6.45) is -5.08. The molecule has 5 amide bonds. The van der Waals surface area contributed by atoms with E-state index in [0.29, 0.717) is 6.07 Å². The van der Waals surface area contributed by atoms with Crippen molar-refractivity contribution < 1.29 is 64.7 Å². The number of piperazine rings is 1. The van der Waals surface area contributed by atoms with Crippen LogP contribution in [-0.4, -0.2) is 96.9 Å². The summed E-state index contributed by atoms with van der Waals surface area (Å²) < 4.78 is 83.7. The summed E-state index contributed by atoms with van der Waals surface area (Å²) in [5, 5.41) is 29.2. The Labute approximate surface area is 256 Å². The predicted octanol–water partition coefficient (Wildman–Crippen LogP) is -0.737. The van der Waals surface area contributed by atoms with Crippen LogP contribution in [0.2, 0.25) is 0 Å². The summed E-state index contributed by atoms with van der Waals surface area (Å²) in [5.74, 6) is -8.73. The molecule has 2 aliphatic rings. The smallest absolute Gasteiger partial charge is 0.534 e. The van der Waals surface area contributed by atoms with E-state index < -0.39 is 96.2 Å². The van der Waals surface area contributed by atoms with E-state index >= 15 is 4.39 Å².